The average Bonchev–Trinajstić information content (AvgIpc) is 2.37. The fourth-order valence-electron chi connectivity index (χ4n) is 2.30. The summed E-state index contributed by atoms with van der Waals surface area (Å²) in [6.07, 6.45) is 1.53. The van der Waals surface area contributed by atoms with E-state index in [0.29, 0.717) is 19.1 Å². The normalized spacial score (nSPS) is 23.6. The molecule has 0 aromatic heterocycles. The number of para-hydroxylation sites is 1. The molecule has 2 unspecified atom stereocenters. The molecule has 1 saturated heterocycles. The summed E-state index contributed by atoms with van der Waals surface area (Å²) in [5.74, 6) is 0.266. The van der Waals surface area contributed by atoms with Crippen LogP contribution in [0.3, 0.4) is 0 Å². The summed E-state index contributed by atoms with van der Waals surface area (Å²) in [5, 5.41) is 3.43. The summed E-state index contributed by atoms with van der Waals surface area (Å²) < 4.78 is 34.6. The third kappa shape index (κ3) is 4.44. The molecular formula is C14H19F2NO2. The molecule has 0 amide bonds. The molecule has 0 bridgehead atoms. The number of alkyl halides is 2. The molecule has 106 valence electrons. The highest BCUT2D eigenvalue weighted by Crippen LogP contribution is 2.22. The maximum atomic E-state index is 12.3. The highest BCUT2D eigenvalue weighted by Gasteiger charge is 2.18. The Morgan fingerprint density at radius 3 is 2.89 bits per heavy atom. The quantitative estimate of drug-likeness (QED) is 0.893. The molecule has 5 heteroatoms. The van der Waals surface area contributed by atoms with Gasteiger partial charge in [0.2, 0.25) is 0 Å². The topological polar surface area (TPSA) is 30.5 Å². The van der Waals surface area contributed by atoms with Crippen molar-refractivity contribution in [3.63, 3.8) is 0 Å². The summed E-state index contributed by atoms with van der Waals surface area (Å²) in [7, 11) is 0. The van der Waals surface area contributed by atoms with Crippen molar-refractivity contribution in [3.05, 3.63) is 29.8 Å². The third-order valence-corrected chi connectivity index (χ3v) is 3.16. The fraction of sp³-hybridized carbons (Fsp3) is 0.571. The zero-order chi connectivity index (χ0) is 13.7. The predicted molar refractivity (Wildman–Crippen MR) is 68.6 cm³/mol. The standard InChI is InChI=1S/C14H19F2NO2/c1-10-8-18-9-12(17-10)7-6-11-4-2-3-5-13(11)19-14(15)16/h2-5,10,12,14,17H,6-9H2,1H3. The molecule has 1 aliphatic rings. The minimum absolute atomic E-state index is 0.266. The van der Waals surface area contributed by atoms with Crippen LogP contribution in [0.1, 0.15) is 18.9 Å². The zero-order valence-corrected chi connectivity index (χ0v) is 10.9. The number of benzene rings is 1. The van der Waals surface area contributed by atoms with Gasteiger partial charge in [-0.3, -0.25) is 0 Å². The molecule has 2 atom stereocenters. The Morgan fingerprint density at radius 1 is 1.37 bits per heavy atom. The Labute approximate surface area is 111 Å². The van der Waals surface area contributed by atoms with Crippen LogP contribution in [-0.2, 0) is 11.2 Å². The highest BCUT2D eigenvalue weighted by atomic mass is 19.3. The van der Waals surface area contributed by atoms with Gasteiger partial charge in [-0.05, 0) is 31.4 Å². The first-order chi connectivity index (χ1) is 9.15. The second kappa shape index (κ2) is 6.82. The predicted octanol–water partition coefficient (Wildman–Crippen LogP) is 2.60. The van der Waals surface area contributed by atoms with E-state index < -0.39 is 6.61 Å². The minimum atomic E-state index is -2.78. The van der Waals surface area contributed by atoms with Gasteiger partial charge < -0.3 is 14.8 Å². The monoisotopic (exact) mass is 271 g/mol. The van der Waals surface area contributed by atoms with Crippen molar-refractivity contribution in [2.75, 3.05) is 13.2 Å². The van der Waals surface area contributed by atoms with E-state index in [9.17, 15) is 8.78 Å². The van der Waals surface area contributed by atoms with E-state index in [4.69, 9.17) is 4.74 Å². The van der Waals surface area contributed by atoms with Crippen LogP contribution in [0.15, 0.2) is 24.3 Å². The van der Waals surface area contributed by atoms with E-state index >= 15 is 0 Å². The van der Waals surface area contributed by atoms with Crippen molar-refractivity contribution in [2.24, 2.45) is 0 Å². The summed E-state index contributed by atoms with van der Waals surface area (Å²) >= 11 is 0. The fourth-order valence-corrected chi connectivity index (χ4v) is 2.30. The molecule has 1 heterocycles. The van der Waals surface area contributed by atoms with Crippen molar-refractivity contribution >= 4 is 0 Å². The second-order valence-electron chi connectivity index (χ2n) is 4.83. The van der Waals surface area contributed by atoms with Gasteiger partial charge in [-0.25, -0.2) is 0 Å². The van der Waals surface area contributed by atoms with Gasteiger partial charge in [-0.1, -0.05) is 18.2 Å². The van der Waals surface area contributed by atoms with Crippen LogP contribution in [0, 0.1) is 0 Å². The maximum Gasteiger partial charge on any atom is 0.387 e. The van der Waals surface area contributed by atoms with E-state index in [1.165, 1.54) is 0 Å². The lowest BCUT2D eigenvalue weighted by Gasteiger charge is -2.29. The lowest BCUT2D eigenvalue weighted by Crippen LogP contribution is -2.47. The van der Waals surface area contributed by atoms with Gasteiger partial charge in [-0.15, -0.1) is 0 Å². The highest BCUT2D eigenvalue weighted by molar-refractivity contribution is 5.33. The molecule has 1 aromatic carbocycles. The molecule has 0 radical (unpaired) electrons. The van der Waals surface area contributed by atoms with E-state index in [0.717, 1.165) is 18.6 Å². The SMILES string of the molecule is CC1COCC(CCc2ccccc2OC(F)F)N1. The molecule has 0 aliphatic carbocycles. The zero-order valence-electron chi connectivity index (χ0n) is 10.9. The Bertz CT molecular complexity index is 401. The van der Waals surface area contributed by atoms with Crippen LogP contribution in [0.25, 0.3) is 0 Å². The average molecular weight is 271 g/mol. The van der Waals surface area contributed by atoms with Crippen LogP contribution < -0.4 is 10.1 Å². The van der Waals surface area contributed by atoms with Gasteiger partial charge >= 0.3 is 6.61 Å². The number of morpholine rings is 1. The summed E-state index contributed by atoms with van der Waals surface area (Å²) in [6.45, 7) is 0.682. The number of aryl methyl sites for hydroxylation is 1. The van der Waals surface area contributed by atoms with Crippen molar-refractivity contribution < 1.29 is 18.3 Å². The molecule has 1 N–H and O–H groups in total. The van der Waals surface area contributed by atoms with Crippen LogP contribution in [0.4, 0.5) is 8.78 Å². The molecule has 1 fully saturated rings. The Morgan fingerprint density at radius 2 is 2.16 bits per heavy atom. The lowest BCUT2D eigenvalue weighted by molar-refractivity contribution is -0.0505. The molecule has 0 spiro atoms. The molecule has 1 aromatic rings. The Kier molecular flexibility index (Phi) is 5.10. The Balaban J connectivity index is 1.91. The van der Waals surface area contributed by atoms with E-state index in [-0.39, 0.29) is 11.8 Å². The van der Waals surface area contributed by atoms with Gasteiger partial charge in [0.15, 0.2) is 0 Å². The first-order valence-corrected chi connectivity index (χ1v) is 6.51. The van der Waals surface area contributed by atoms with Gasteiger partial charge in [-0.2, -0.15) is 8.78 Å². The van der Waals surface area contributed by atoms with E-state index in [1.807, 2.05) is 12.1 Å². The van der Waals surface area contributed by atoms with E-state index in [1.54, 1.807) is 12.1 Å². The van der Waals surface area contributed by atoms with Gasteiger partial charge in [0.1, 0.15) is 5.75 Å². The number of halogens is 2. The molecular weight excluding hydrogens is 252 g/mol. The van der Waals surface area contributed by atoms with Crippen LogP contribution >= 0.6 is 0 Å². The molecule has 0 saturated carbocycles. The lowest BCUT2D eigenvalue weighted by atomic mass is 10.0. The van der Waals surface area contributed by atoms with Crippen LogP contribution in [0.2, 0.25) is 0 Å². The first kappa shape index (κ1) is 14.2. The van der Waals surface area contributed by atoms with Gasteiger partial charge in [0.25, 0.3) is 0 Å². The smallest absolute Gasteiger partial charge is 0.387 e. The summed E-state index contributed by atoms with van der Waals surface area (Å²) in [4.78, 5) is 0. The van der Waals surface area contributed by atoms with Crippen LogP contribution in [-0.4, -0.2) is 31.9 Å². The maximum absolute atomic E-state index is 12.3. The van der Waals surface area contributed by atoms with Crippen molar-refractivity contribution in [1.82, 2.24) is 5.32 Å². The second-order valence-corrected chi connectivity index (χ2v) is 4.83. The first-order valence-electron chi connectivity index (χ1n) is 6.51. The minimum Gasteiger partial charge on any atom is -0.435 e. The number of nitrogens with one attached hydrogen (secondary N) is 1. The molecule has 19 heavy (non-hydrogen) atoms. The molecule has 3 nitrogen and oxygen atoms in total. The van der Waals surface area contributed by atoms with Gasteiger partial charge in [0.05, 0.1) is 13.2 Å². The number of hydrogen-bond donors (Lipinski definition) is 1. The molecule has 1 aliphatic heterocycles. The van der Waals surface area contributed by atoms with Gasteiger partial charge in [0, 0.05) is 12.1 Å². The largest absolute Gasteiger partial charge is 0.435 e. The number of hydrogen-bond acceptors (Lipinski definition) is 3. The van der Waals surface area contributed by atoms with Crippen molar-refractivity contribution in [1.29, 1.82) is 0 Å². The third-order valence-electron chi connectivity index (χ3n) is 3.16. The van der Waals surface area contributed by atoms with E-state index in [2.05, 4.69) is 17.0 Å². The summed E-state index contributed by atoms with van der Waals surface area (Å²) in [5.41, 5.74) is 0.808. The Hall–Kier alpha value is -1.20. The molecule has 2 rings (SSSR count). The summed E-state index contributed by atoms with van der Waals surface area (Å²) in [6, 6.07) is 7.54. The van der Waals surface area contributed by atoms with Crippen molar-refractivity contribution in [3.8, 4) is 5.75 Å². The number of rotatable bonds is 5. The number of ether oxygens (including phenoxy) is 2. The van der Waals surface area contributed by atoms with Crippen molar-refractivity contribution in [2.45, 2.75) is 38.5 Å². The van der Waals surface area contributed by atoms with Crippen LogP contribution in [0.5, 0.6) is 5.75 Å².